The van der Waals surface area contributed by atoms with Crippen LogP contribution in [0.3, 0.4) is 0 Å². The molecule has 0 aliphatic carbocycles. The van der Waals surface area contributed by atoms with Crippen molar-refractivity contribution in [2.45, 2.75) is 19.8 Å². The molecule has 0 atom stereocenters. The Balaban J connectivity index is 2.49. The summed E-state index contributed by atoms with van der Waals surface area (Å²) in [5.41, 5.74) is 0. The zero-order chi connectivity index (χ0) is 4.83. The van der Waals surface area contributed by atoms with Gasteiger partial charge in [0, 0.05) is 0 Å². The Morgan fingerprint density at radius 3 is 2.50 bits per heavy atom. The van der Waals surface area contributed by atoms with Crippen molar-refractivity contribution in [1.82, 2.24) is 0 Å². The van der Waals surface area contributed by atoms with Crippen LogP contribution in [0.25, 0.3) is 0 Å². The van der Waals surface area contributed by atoms with E-state index in [4.69, 9.17) is 0 Å². The predicted molar refractivity (Wildman–Crippen MR) is 32.4 cm³/mol. The first-order chi connectivity index (χ1) is 2.91. The Hall–Kier alpha value is 1.09. The Morgan fingerprint density at radius 1 is 1.67 bits per heavy atom. The molecule has 36 valence electrons. The van der Waals surface area contributed by atoms with Crippen molar-refractivity contribution in [2.24, 2.45) is 0 Å². The SMILES string of the molecule is CCCCP=[Te]. The minimum atomic E-state index is 1.35. The van der Waals surface area contributed by atoms with Gasteiger partial charge in [-0.05, 0) is 0 Å². The topological polar surface area (TPSA) is 0 Å². The van der Waals surface area contributed by atoms with Crippen LogP contribution in [0, 0.1) is 0 Å². The molecule has 0 nitrogen and oxygen atoms in total. The van der Waals surface area contributed by atoms with E-state index in [0.29, 0.717) is 0 Å². The van der Waals surface area contributed by atoms with Gasteiger partial charge in [0.1, 0.15) is 0 Å². The van der Waals surface area contributed by atoms with Gasteiger partial charge in [-0.1, -0.05) is 0 Å². The minimum absolute atomic E-state index is 1.35. The number of hydrogen-bond acceptors (Lipinski definition) is 0. The van der Waals surface area contributed by atoms with E-state index in [1.54, 1.807) is 5.81 Å². The maximum absolute atomic E-state index is 2.23. The normalized spacial score (nSPS) is 9.50. The Morgan fingerprint density at radius 2 is 2.33 bits per heavy atom. The summed E-state index contributed by atoms with van der Waals surface area (Å²) in [5.74, 6) is 1.56. The van der Waals surface area contributed by atoms with Crippen LogP contribution in [-0.4, -0.2) is 27.4 Å². The molecule has 0 aliphatic rings. The van der Waals surface area contributed by atoms with Crippen LogP contribution in [0.4, 0.5) is 0 Å². The predicted octanol–water partition coefficient (Wildman–Crippen LogP) is 1.82. The maximum atomic E-state index is 2.23. The third-order valence-corrected chi connectivity index (χ3v) is 2.67. The standard InChI is InChI=1S/C4H9PTe/c1-2-3-4-5-6/h2-4H2,1H3. The van der Waals surface area contributed by atoms with Crippen molar-refractivity contribution in [3.63, 3.8) is 0 Å². The molecule has 2 heteroatoms. The van der Waals surface area contributed by atoms with E-state index in [1.807, 2.05) is 0 Å². The van der Waals surface area contributed by atoms with Crippen molar-refractivity contribution in [3.8, 4) is 0 Å². The summed E-state index contributed by atoms with van der Waals surface area (Å²) in [4.78, 5) is 0. The molecule has 0 heterocycles. The molecule has 0 amide bonds. The molecule has 0 aromatic carbocycles. The van der Waals surface area contributed by atoms with Crippen molar-refractivity contribution in [2.75, 3.05) is 6.16 Å². The summed E-state index contributed by atoms with van der Waals surface area (Å²) in [6.07, 6.45) is 4.14. The summed E-state index contributed by atoms with van der Waals surface area (Å²) in [5, 5.41) is 0. The van der Waals surface area contributed by atoms with Crippen LogP contribution >= 0.6 is 5.81 Å². The van der Waals surface area contributed by atoms with E-state index in [2.05, 4.69) is 28.2 Å². The fraction of sp³-hybridized carbons (Fsp3) is 1.00. The molecule has 0 rings (SSSR count). The Kier molecular flexibility index (Phi) is 7.20. The zero-order valence-corrected chi connectivity index (χ0v) is 7.20. The summed E-state index contributed by atoms with van der Waals surface area (Å²) in [7, 11) is 0. The van der Waals surface area contributed by atoms with Crippen LogP contribution in [0.1, 0.15) is 19.8 Å². The third-order valence-electron chi connectivity index (χ3n) is 0.603. The summed E-state index contributed by atoms with van der Waals surface area (Å²) >= 11 is 2.14. The van der Waals surface area contributed by atoms with E-state index in [-0.39, 0.29) is 0 Å². The molecule has 0 aromatic rings. The van der Waals surface area contributed by atoms with Crippen LogP contribution in [0.15, 0.2) is 0 Å². The Labute approximate surface area is 53.1 Å². The van der Waals surface area contributed by atoms with E-state index in [9.17, 15) is 0 Å². The molecule has 0 fully saturated rings. The molecule has 0 aromatic heterocycles. The molecule has 0 radical (unpaired) electrons. The molecular weight excluding hydrogens is 207 g/mol. The van der Waals surface area contributed by atoms with Crippen LogP contribution in [-0.2, 0) is 0 Å². The second-order valence-electron chi connectivity index (χ2n) is 1.21. The quantitative estimate of drug-likeness (QED) is 0.383. The second-order valence-corrected chi connectivity index (χ2v) is 4.12. The molecule has 0 N–H and O–H groups in total. The van der Waals surface area contributed by atoms with Gasteiger partial charge >= 0.3 is 53.0 Å². The van der Waals surface area contributed by atoms with Gasteiger partial charge in [-0.2, -0.15) is 0 Å². The van der Waals surface area contributed by atoms with Crippen LogP contribution in [0.5, 0.6) is 0 Å². The molecule has 0 saturated heterocycles. The van der Waals surface area contributed by atoms with Gasteiger partial charge < -0.3 is 0 Å². The van der Waals surface area contributed by atoms with Gasteiger partial charge in [-0.25, -0.2) is 0 Å². The van der Waals surface area contributed by atoms with E-state index in [1.165, 1.54) is 19.0 Å². The van der Waals surface area contributed by atoms with Crippen LogP contribution < -0.4 is 0 Å². The number of hydrogen-bond donors (Lipinski definition) is 0. The van der Waals surface area contributed by atoms with Gasteiger partial charge in [0.15, 0.2) is 0 Å². The van der Waals surface area contributed by atoms with Gasteiger partial charge in [-0.3, -0.25) is 0 Å². The van der Waals surface area contributed by atoms with Gasteiger partial charge in [0.2, 0.25) is 0 Å². The first kappa shape index (κ1) is 7.09. The molecule has 6 heavy (non-hydrogen) atoms. The van der Waals surface area contributed by atoms with Gasteiger partial charge in [0.05, 0.1) is 0 Å². The number of rotatable bonds is 3. The summed E-state index contributed by atoms with van der Waals surface area (Å²) in [6.45, 7) is 2.23. The fourth-order valence-electron chi connectivity index (χ4n) is 0.223. The summed E-state index contributed by atoms with van der Waals surface area (Å²) in [6, 6.07) is 0. The van der Waals surface area contributed by atoms with E-state index < -0.39 is 0 Å². The molecule has 0 aliphatic heterocycles. The second kappa shape index (κ2) is 6.09. The van der Waals surface area contributed by atoms with E-state index in [0.717, 1.165) is 0 Å². The molecule has 0 spiro atoms. The molecule has 0 unspecified atom stereocenters. The monoisotopic (exact) mass is 218 g/mol. The van der Waals surface area contributed by atoms with Crippen molar-refractivity contribution in [1.29, 1.82) is 0 Å². The average molecular weight is 216 g/mol. The van der Waals surface area contributed by atoms with Crippen molar-refractivity contribution in [3.05, 3.63) is 0 Å². The fourth-order valence-corrected chi connectivity index (χ4v) is 1.77. The zero-order valence-electron chi connectivity index (χ0n) is 3.98. The van der Waals surface area contributed by atoms with E-state index >= 15 is 0 Å². The van der Waals surface area contributed by atoms with Crippen molar-refractivity contribution < 1.29 is 0 Å². The summed E-state index contributed by atoms with van der Waals surface area (Å²) < 4.78 is 0. The van der Waals surface area contributed by atoms with Gasteiger partial charge in [-0.15, -0.1) is 0 Å². The first-order valence-corrected chi connectivity index (χ1v) is 6.33. The van der Waals surface area contributed by atoms with Crippen molar-refractivity contribution >= 4 is 27.0 Å². The average Bonchev–Trinajstić information content (AvgIpc) is 1.61. The molecule has 0 saturated carbocycles. The van der Waals surface area contributed by atoms with Crippen LogP contribution in [0.2, 0.25) is 0 Å². The third kappa shape index (κ3) is 5.09. The molecular formula is C4H9PTe. The molecule has 0 bridgehead atoms. The Bertz CT molecular complexity index is 36.5. The first-order valence-electron chi connectivity index (χ1n) is 2.21. The van der Waals surface area contributed by atoms with Gasteiger partial charge in [0.25, 0.3) is 0 Å². The number of unbranched alkanes of at least 4 members (excludes halogenated alkanes) is 1.